The van der Waals surface area contributed by atoms with Crippen molar-refractivity contribution in [3.05, 3.63) is 65.5 Å². The quantitative estimate of drug-likeness (QED) is 0.595. The molecule has 0 aliphatic carbocycles. The maximum absolute atomic E-state index is 13.1. The molecular formula is C16H15FOS. The van der Waals surface area contributed by atoms with E-state index in [1.165, 1.54) is 22.6 Å². The lowest BCUT2D eigenvalue weighted by atomic mass is 10.0. The Kier molecular flexibility index (Phi) is 4.74. The van der Waals surface area contributed by atoms with Gasteiger partial charge in [0.2, 0.25) is 0 Å². The van der Waals surface area contributed by atoms with Crippen LogP contribution in [0.15, 0.2) is 53.4 Å². The van der Waals surface area contributed by atoms with Gasteiger partial charge < -0.3 is 0 Å². The van der Waals surface area contributed by atoms with Gasteiger partial charge in [-0.3, -0.25) is 4.79 Å². The highest BCUT2D eigenvalue weighted by Gasteiger charge is 2.08. The summed E-state index contributed by atoms with van der Waals surface area (Å²) in [4.78, 5) is 13.2. The molecule has 0 saturated carbocycles. The van der Waals surface area contributed by atoms with Crippen molar-refractivity contribution in [2.45, 2.75) is 17.7 Å². The number of halogens is 1. The van der Waals surface area contributed by atoms with Gasteiger partial charge in [0.1, 0.15) is 5.82 Å². The van der Waals surface area contributed by atoms with Crippen LogP contribution in [0.2, 0.25) is 0 Å². The molecule has 0 saturated heterocycles. The Labute approximate surface area is 116 Å². The average molecular weight is 274 g/mol. The highest BCUT2D eigenvalue weighted by atomic mass is 32.2. The monoisotopic (exact) mass is 274 g/mol. The third-order valence-electron chi connectivity index (χ3n) is 2.96. The van der Waals surface area contributed by atoms with Crippen molar-refractivity contribution in [1.29, 1.82) is 0 Å². The standard InChI is InChI=1S/C16H15FOS/c1-19-16-8-3-2-5-12(16)9-10-15(18)13-6-4-7-14(17)11-13/h2-8,11H,9-10H2,1H3. The minimum Gasteiger partial charge on any atom is -0.294 e. The molecule has 0 fully saturated rings. The maximum Gasteiger partial charge on any atom is 0.163 e. The van der Waals surface area contributed by atoms with Crippen LogP contribution in [0, 0.1) is 5.82 Å². The second kappa shape index (κ2) is 6.53. The molecule has 0 unspecified atom stereocenters. The van der Waals surface area contributed by atoms with Crippen molar-refractivity contribution in [3.8, 4) is 0 Å². The molecule has 0 amide bonds. The molecule has 3 heteroatoms. The van der Waals surface area contributed by atoms with Crippen molar-refractivity contribution < 1.29 is 9.18 Å². The molecule has 19 heavy (non-hydrogen) atoms. The lowest BCUT2D eigenvalue weighted by molar-refractivity contribution is 0.0982. The zero-order valence-electron chi connectivity index (χ0n) is 10.7. The summed E-state index contributed by atoms with van der Waals surface area (Å²) in [6.07, 6.45) is 3.11. The normalized spacial score (nSPS) is 10.4. The lowest BCUT2D eigenvalue weighted by Crippen LogP contribution is -2.02. The Balaban J connectivity index is 2.04. The minimum atomic E-state index is -0.365. The molecule has 0 radical (unpaired) electrons. The fraction of sp³-hybridized carbons (Fsp3) is 0.188. The third kappa shape index (κ3) is 3.67. The maximum atomic E-state index is 13.1. The summed E-state index contributed by atoms with van der Waals surface area (Å²) in [6, 6.07) is 13.9. The van der Waals surface area contributed by atoms with Gasteiger partial charge in [0.05, 0.1) is 0 Å². The summed E-state index contributed by atoms with van der Waals surface area (Å²) < 4.78 is 13.1. The van der Waals surface area contributed by atoms with Crippen LogP contribution < -0.4 is 0 Å². The van der Waals surface area contributed by atoms with Crippen molar-refractivity contribution in [2.24, 2.45) is 0 Å². The summed E-state index contributed by atoms with van der Waals surface area (Å²) in [7, 11) is 0. The molecule has 0 heterocycles. The molecule has 0 spiro atoms. The first-order valence-corrected chi connectivity index (χ1v) is 7.34. The number of thioether (sulfide) groups is 1. The molecule has 0 atom stereocenters. The Morgan fingerprint density at radius 3 is 2.68 bits per heavy atom. The smallest absolute Gasteiger partial charge is 0.163 e. The van der Waals surface area contributed by atoms with E-state index in [1.54, 1.807) is 23.9 Å². The van der Waals surface area contributed by atoms with Crippen LogP contribution in [0.5, 0.6) is 0 Å². The summed E-state index contributed by atoms with van der Waals surface area (Å²) >= 11 is 1.67. The van der Waals surface area contributed by atoms with E-state index in [-0.39, 0.29) is 11.6 Å². The van der Waals surface area contributed by atoms with E-state index in [1.807, 2.05) is 30.5 Å². The number of aryl methyl sites for hydroxylation is 1. The summed E-state index contributed by atoms with van der Waals surface area (Å²) in [5, 5.41) is 0. The molecule has 1 nitrogen and oxygen atoms in total. The fourth-order valence-electron chi connectivity index (χ4n) is 1.96. The molecule has 0 aliphatic heterocycles. The van der Waals surface area contributed by atoms with Crippen LogP contribution in [0.4, 0.5) is 4.39 Å². The van der Waals surface area contributed by atoms with Crippen LogP contribution in [-0.2, 0) is 6.42 Å². The van der Waals surface area contributed by atoms with Gasteiger partial charge in [0.25, 0.3) is 0 Å². The van der Waals surface area contributed by atoms with Crippen LogP contribution in [0.1, 0.15) is 22.3 Å². The Morgan fingerprint density at radius 2 is 1.95 bits per heavy atom. The second-order valence-corrected chi connectivity index (χ2v) is 5.09. The summed E-state index contributed by atoms with van der Waals surface area (Å²) in [5.74, 6) is -0.384. The van der Waals surface area contributed by atoms with Crippen molar-refractivity contribution in [1.82, 2.24) is 0 Å². The number of hydrogen-bond acceptors (Lipinski definition) is 2. The Morgan fingerprint density at radius 1 is 1.16 bits per heavy atom. The SMILES string of the molecule is CSc1ccccc1CCC(=O)c1cccc(F)c1. The third-order valence-corrected chi connectivity index (χ3v) is 3.80. The van der Waals surface area contributed by atoms with E-state index in [9.17, 15) is 9.18 Å². The number of hydrogen-bond donors (Lipinski definition) is 0. The molecule has 2 aromatic carbocycles. The number of benzene rings is 2. The van der Waals surface area contributed by atoms with E-state index in [2.05, 4.69) is 0 Å². The molecule has 98 valence electrons. The lowest BCUT2D eigenvalue weighted by Gasteiger charge is -2.06. The number of carbonyl (C=O) groups excluding carboxylic acids is 1. The van der Waals surface area contributed by atoms with Crippen molar-refractivity contribution in [2.75, 3.05) is 6.26 Å². The minimum absolute atomic E-state index is 0.0181. The predicted molar refractivity (Wildman–Crippen MR) is 77.3 cm³/mol. The van der Waals surface area contributed by atoms with Gasteiger partial charge in [-0.1, -0.05) is 30.3 Å². The number of rotatable bonds is 5. The van der Waals surface area contributed by atoms with Crippen LogP contribution in [0.25, 0.3) is 0 Å². The van der Waals surface area contributed by atoms with Crippen LogP contribution >= 0.6 is 11.8 Å². The molecule has 2 rings (SSSR count). The van der Waals surface area contributed by atoms with Crippen LogP contribution in [-0.4, -0.2) is 12.0 Å². The van der Waals surface area contributed by atoms with Crippen molar-refractivity contribution >= 4 is 17.5 Å². The fourth-order valence-corrected chi connectivity index (χ4v) is 2.61. The van der Waals surface area contributed by atoms with Gasteiger partial charge in [0.15, 0.2) is 5.78 Å². The molecular weight excluding hydrogens is 259 g/mol. The largest absolute Gasteiger partial charge is 0.294 e. The second-order valence-electron chi connectivity index (χ2n) is 4.25. The zero-order chi connectivity index (χ0) is 13.7. The van der Waals surface area contributed by atoms with Gasteiger partial charge in [-0.05, 0) is 36.4 Å². The van der Waals surface area contributed by atoms with Gasteiger partial charge in [-0.2, -0.15) is 0 Å². The highest BCUT2D eigenvalue weighted by molar-refractivity contribution is 7.98. The first-order valence-electron chi connectivity index (χ1n) is 6.11. The van der Waals surface area contributed by atoms with E-state index < -0.39 is 0 Å². The van der Waals surface area contributed by atoms with E-state index in [0.29, 0.717) is 18.4 Å². The Bertz CT molecular complexity index is 580. The van der Waals surface area contributed by atoms with Gasteiger partial charge >= 0.3 is 0 Å². The van der Waals surface area contributed by atoms with Gasteiger partial charge in [-0.25, -0.2) is 4.39 Å². The predicted octanol–water partition coefficient (Wildman–Crippen LogP) is 4.36. The zero-order valence-corrected chi connectivity index (χ0v) is 11.5. The van der Waals surface area contributed by atoms with E-state index in [0.717, 1.165) is 0 Å². The first-order chi connectivity index (χ1) is 9.20. The summed E-state index contributed by atoms with van der Waals surface area (Å²) in [6.45, 7) is 0. The summed E-state index contributed by atoms with van der Waals surface area (Å²) in [5.41, 5.74) is 1.61. The van der Waals surface area contributed by atoms with E-state index >= 15 is 0 Å². The topological polar surface area (TPSA) is 17.1 Å². The number of carbonyl (C=O) groups is 1. The molecule has 0 aromatic heterocycles. The molecule has 0 N–H and O–H groups in total. The average Bonchev–Trinajstić information content (AvgIpc) is 2.45. The molecule has 0 aliphatic rings. The Hall–Kier alpha value is -1.61. The molecule has 2 aromatic rings. The van der Waals surface area contributed by atoms with Crippen LogP contribution in [0.3, 0.4) is 0 Å². The number of Topliss-reactive ketones (excluding diaryl/α,β-unsaturated/α-hetero) is 1. The van der Waals surface area contributed by atoms with Crippen molar-refractivity contribution in [3.63, 3.8) is 0 Å². The number of ketones is 1. The van der Waals surface area contributed by atoms with E-state index in [4.69, 9.17) is 0 Å². The first kappa shape index (κ1) is 13.8. The highest BCUT2D eigenvalue weighted by Crippen LogP contribution is 2.21. The van der Waals surface area contributed by atoms with Gasteiger partial charge in [0, 0.05) is 16.9 Å². The van der Waals surface area contributed by atoms with Gasteiger partial charge in [-0.15, -0.1) is 11.8 Å². The molecule has 0 bridgehead atoms.